The van der Waals surface area contributed by atoms with Crippen LogP contribution in [0.3, 0.4) is 0 Å². The molecule has 2 rings (SSSR count). The number of hydrogen-bond acceptors (Lipinski definition) is 4. The first kappa shape index (κ1) is 22.0. The molecule has 0 saturated carbocycles. The van der Waals surface area contributed by atoms with Gasteiger partial charge in [0.1, 0.15) is 16.8 Å². The van der Waals surface area contributed by atoms with Crippen LogP contribution < -0.4 is 5.32 Å². The Morgan fingerprint density at radius 3 is 2.71 bits per heavy atom. The molecule has 0 aliphatic heterocycles. The average Bonchev–Trinajstić information content (AvgIpc) is 2.94. The van der Waals surface area contributed by atoms with Gasteiger partial charge in [-0.25, -0.2) is 4.68 Å². The van der Waals surface area contributed by atoms with Crippen molar-refractivity contribution < 1.29 is 9.53 Å². The van der Waals surface area contributed by atoms with Crippen molar-refractivity contribution in [3.05, 3.63) is 56.8 Å². The molecule has 1 aromatic carbocycles. The summed E-state index contributed by atoms with van der Waals surface area (Å²) in [6.07, 6.45) is 2.15. The number of hydrogen-bond donors (Lipinski definition) is 1. The molecule has 1 aromatic heterocycles. The minimum atomic E-state index is -0.445. The Balaban J connectivity index is 2.12. The van der Waals surface area contributed by atoms with Crippen molar-refractivity contribution in [2.75, 3.05) is 19.8 Å². The normalized spacial score (nSPS) is 11.3. The number of nitrogens with zero attached hydrogens (tertiary/aromatic N) is 3. The second-order valence-corrected chi connectivity index (χ2v) is 6.84. The Morgan fingerprint density at radius 1 is 1.36 bits per heavy atom. The third-order valence-electron chi connectivity index (χ3n) is 3.96. The molecule has 1 amide bonds. The number of carbonyl (C=O) groups excluding carboxylic acids is 1. The highest BCUT2D eigenvalue weighted by Gasteiger charge is 2.16. The van der Waals surface area contributed by atoms with Crippen LogP contribution in [-0.2, 0) is 16.1 Å². The van der Waals surface area contributed by atoms with Gasteiger partial charge in [0.05, 0.1) is 12.2 Å². The van der Waals surface area contributed by atoms with E-state index < -0.39 is 5.91 Å². The topological polar surface area (TPSA) is 79.9 Å². The molecule has 28 heavy (non-hydrogen) atoms. The van der Waals surface area contributed by atoms with E-state index in [4.69, 9.17) is 27.9 Å². The number of halogens is 2. The molecule has 0 spiro atoms. The zero-order valence-electron chi connectivity index (χ0n) is 15.8. The van der Waals surface area contributed by atoms with Crippen molar-refractivity contribution in [1.82, 2.24) is 15.1 Å². The standard InChI is InChI=1S/C20H22Cl2N4O2/c1-3-28-10-4-9-24-20(27)16(12-23)11-18-14(2)25-26(19(18)22)13-15-5-7-17(21)8-6-15/h5-8,11H,3-4,9-10,13H2,1-2H3,(H,24,27)/b16-11+. The van der Waals surface area contributed by atoms with E-state index in [0.29, 0.717) is 54.2 Å². The molecule has 6 nitrogen and oxygen atoms in total. The molecule has 1 N–H and O–H groups in total. The van der Waals surface area contributed by atoms with Gasteiger partial charge >= 0.3 is 0 Å². The Kier molecular flexibility index (Phi) is 8.52. The fraction of sp³-hybridized carbons (Fsp3) is 0.350. The van der Waals surface area contributed by atoms with Gasteiger partial charge in [-0.3, -0.25) is 4.79 Å². The first-order valence-corrected chi connectivity index (χ1v) is 9.67. The van der Waals surface area contributed by atoms with Crippen LogP contribution in [0.25, 0.3) is 6.08 Å². The van der Waals surface area contributed by atoms with Crippen LogP contribution in [0, 0.1) is 18.3 Å². The number of amides is 1. The molecule has 1 heterocycles. The second-order valence-electron chi connectivity index (χ2n) is 6.05. The van der Waals surface area contributed by atoms with Crippen LogP contribution in [0.15, 0.2) is 29.8 Å². The summed E-state index contributed by atoms with van der Waals surface area (Å²) >= 11 is 12.4. The highest BCUT2D eigenvalue weighted by atomic mass is 35.5. The quantitative estimate of drug-likeness (QED) is 0.377. The molecule has 148 valence electrons. The zero-order valence-corrected chi connectivity index (χ0v) is 17.3. The largest absolute Gasteiger partial charge is 0.382 e. The van der Waals surface area contributed by atoms with Gasteiger partial charge in [-0.05, 0) is 44.0 Å². The Hall–Kier alpha value is -2.33. The summed E-state index contributed by atoms with van der Waals surface area (Å²) in [5, 5.41) is 17.5. The Morgan fingerprint density at radius 2 is 2.07 bits per heavy atom. The van der Waals surface area contributed by atoms with E-state index in [9.17, 15) is 10.1 Å². The average molecular weight is 421 g/mol. The second kappa shape index (κ2) is 10.9. The fourth-order valence-corrected chi connectivity index (χ4v) is 2.92. The van der Waals surface area contributed by atoms with Crippen molar-refractivity contribution in [2.45, 2.75) is 26.8 Å². The molecule has 0 aliphatic rings. The lowest BCUT2D eigenvalue weighted by molar-refractivity contribution is -0.117. The zero-order chi connectivity index (χ0) is 20.5. The predicted molar refractivity (Wildman–Crippen MR) is 110 cm³/mol. The van der Waals surface area contributed by atoms with Crippen LogP contribution in [0.2, 0.25) is 10.2 Å². The maximum atomic E-state index is 12.2. The first-order chi connectivity index (χ1) is 13.5. The third-order valence-corrected chi connectivity index (χ3v) is 4.61. The van der Waals surface area contributed by atoms with Gasteiger partial charge in [0.15, 0.2) is 0 Å². The van der Waals surface area contributed by atoms with Crippen molar-refractivity contribution >= 4 is 35.2 Å². The van der Waals surface area contributed by atoms with Gasteiger partial charge in [-0.15, -0.1) is 0 Å². The summed E-state index contributed by atoms with van der Waals surface area (Å²) in [5.74, 6) is -0.445. The maximum Gasteiger partial charge on any atom is 0.261 e. The third kappa shape index (κ3) is 6.10. The monoisotopic (exact) mass is 420 g/mol. The number of ether oxygens (including phenoxy) is 1. The van der Waals surface area contributed by atoms with E-state index in [-0.39, 0.29) is 5.57 Å². The van der Waals surface area contributed by atoms with E-state index >= 15 is 0 Å². The SMILES string of the molecule is CCOCCCNC(=O)/C(C#N)=C/c1c(C)nn(Cc2ccc(Cl)cc2)c1Cl. The lowest BCUT2D eigenvalue weighted by Crippen LogP contribution is -2.26. The number of aryl methyl sites for hydroxylation is 1. The minimum Gasteiger partial charge on any atom is -0.382 e. The molecular formula is C20H22Cl2N4O2. The van der Waals surface area contributed by atoms with Crippen molar-refractivity contribution in [1.29, 1.82) is 5.26 Å². The summed E-state index contributed by atoms with van der Waals surface area (Å²) in [6, 6.07) is 9.30. The highest BCUT2D eigenvalue weighted by molar-refractivity contribution is 6.31. The molecule has 0 atom stereocenters. The number of aromatic nitrogens is 2. The smallest absolute Gasteiger partial charge is 0.261 e. The first-order valence-electron chi connectivity index (χ1n) is 8.91. The minimum absolute atomic E-state index is 0.0209. The number of rotatable bonds is 9. The summed E-state index contributed by atoms with van der Waals surface area (Å²) < 4.78 is 6.85. The van der Waals surface area contributed by atoms with E-state index in [0.717, 1.165) is 5.56 Å². The molecule has 0 bridgehead atoms. The van der Waals surface area contributed by atoms with Crippen LogP contribution in [-0.4, -0.2) is 35.4 Å². The highest BCUT2D eigenvalue weighted by Crippen LogP contribution is 2.24. The van der Waals surface area contributed by atoms with Crippen LogP contribution in [0.5, 0.6) is 0 Å². The van der Waals surface area contributed by atoms with E-state index in [1.165, 1.54) is 6.08 Å². The van der Waals surface area contributed by atoms with Crippen molar-refractivity contribution in [2.24, 2.45) is 0 Å². The molecule has 2 aromatic rings. The van der Waals surface area contributed by atoms with Gasteiger partial charge in [0.25, 0.3) is 5.91 Å². The lowest BCUT2D eigenvalue weighted by atomic mass is 10.1. The van der Waals surface area contributed by atoms with Crippen LogP contribution in [0.4, 0.5) is 0 Å². The number of benzene rings is 1. The Labute approximate surface area is 174 Å². The van der Waals surface area contributed by atoms with Gasteiger partial charge in [-0.2, -0.15) is 10.4 Å². The molecule has 0 fully saturated rings. The number of nitriles is 1. The molecule has 0 unspecified atom stereocenters. The van der Waals surface area contributed by atoms with E-state index in [1.807, 2.05) is 25.1 Å². The summed E-state index contributed by atoms with van der Waals surface area (Å²) in [6.45, 7) is 5.77. The predicted octanol–water partition coefficient (Wildman–Crippen LogP) is 4.00. The van der Waals surface area contributed by atoms with E-state index in [2.05, 4.69) is 10.4 Å². The van der Waals surface area contributed by atoms with Crippen molar-refractivity contribution in [3.63, 3.8) is 0 Å². The molecule has 0 radical (unpaired) electrons. The number of carbonyl (C=O) groups is 1. The summed E-state index contributed by atoms with van der Waals surface area (Å²) in [4.78, 5) is 12.2. The molecular weight excluding hydrogens is 399 g/mol. The van der Waals surface area contributed by atoms with Gasteiger partial charge in [0, 0.05) is 30.3 Å². The maximum absolute atomic E-state index is 12.2. The molecule has 0 aliphatic carbocycles. The summed E-state index contributed by atoms with van der Waals surface area (Å²) in [5.41, 5.74) is 2.15. The van der Waals surface area contributed by atoms with E-state index in [1.54, 1.807) is 23.7 Å². The van der Waals surface area contributed by atoms with Crippen LogP contribution >= 0.6 is 23.2 Å². The molecule has 0 saturated heterocycles. The van der Waals surface area contributed by atoms with Crippen LogP contribution in [0.1, 0.15) is 30.2 Å². The Bertz CT molecular complexity index is 883. The van der Waals surface area contributed by atoms with Gasteiger partial charge in [-0.1, -0.05) is 35.3 Å². The molecule has 8 heteroatoms. The van der Waals surface area contributed by atoms with Gasteiger partial charge in [0.2, 0.25) is 0 Å². The van der Waals surface area contributed by atoms with Crippen molar-refractivity contribution in [3.8, 4) is 6.07 Å². The summed E-state index contributed by atoms with van der Waals surface area (Å²) in [7, 11) is 0. The fourth-order valence-electron chi connectivity index (χ4n) is 2.51. The van der Waals surface area contributed by atoms with Gasteiger partial charge < -0.3 is 10.1 Å². The lowest BCUT2D eigenvalue weighted by Gasteiger charge is -2.05. The number of nitrogens with one attached hydrogen (secondary N) is 1.